The summed E-state index contributed by atoms with van der Waals surface area (Å²) in [4.78, 5) is 18.5. The summed E-state index contributed by atoms with van der Waals surface area (Å²) in [6.45, 7) is 3.09. The van der Waals surface area contributed by atoms with Gasteiger partial charge < -0.3 is 14.5 Å². The first kappa shape index (κ1) is 11.8. The van der Waals surface area contributed by atoms with Gasteiger partial charge in [-0.3, -0.25) is 4.79 Å². The molecule has 0 saturated heterocycles. The highest BCUT2D eigenvalue weighted by molar-refractivity contribution is 5.61. The maximum absolute atomic E-state index is 11.5. The number of nitrogens with zero attached hydrogens (tertiary/aromatic N) is 1. The van der Waals surface area contributed by atoms with E-state index in [-0.39, 0.29) is 5.56 Å². The van der Waals surface area contributed by atoms with Crippen molar-refractivity contribution in [3.05, 3.63) is 40.3 Å². The molecule has 0 atom stereocenters. The Morgan fingerprint density at radius 2 is 1.95 bits per heavy atom. The second kappa shape index (κ2) is 4.76. The molecule has 3 rings (SSSR count). The summed E-state index contributed by atoms with van der Waals surface area (Å²) in [7, 11) is 0. The lowest BCUT2D eigenvalue weighted by Gasteiger charge is -2.09. The van der Waals surface area contributed by atoms with Crippen LogP contribution in [0.2, 0.25) is 0 Å². The third-order valence-electron chi connectivity index (χ3n) is 2.89. The molecule has 0 fully saturated rings. The maximum atomic E-state index is 11.5. The van der Waals surface area contributed by atoms with Gasteiger partial charge in [-0.1, -0.05) is 0 Å². The minimum absolute atomic E-state index is 0.158. The van der Waals surface area contributed by atoms with Crippen molar-refractivity contribution in [2.24, 2.45) is 0 Å². The van der Waals surface area contributed by atoms with Crippen LogP contribution in [0.1, 0.15) is 12.1 Å². The fraction of sp³-hybridized carbons (Fsp3) is 0.286. The molecule has 0 radical (unpaired) electrons. The largest absolute Gasteiger partial charge is 0.490 e. The Morgan fingerprint density at radius 3 is 2.74 bits per heavy atom. The van der Waals surface area contributed by atoms with Crippen molar-refractivity contribution < 1.29 is 9.47 Å². The molecule has 0 saturated carbocycles. The summed E-state index contributed by atoms with van der Waals surface area (Å²) in [5.41, 5.74) is 1.34. The van der Waals surface area contributed by atoms with Crippen molar-refractivity contribution >= 4 is 0 Å². The van der Waals surface area contributed by atoms with Gasteiger partial charge in [0.25, 0.3) is 5.56 Å². The Labute approximate surface area is 110 Å². The van der Waals surface area contributed by atoms with E-state index in [1.807, 2.05) is 18.2 Å². The lowest BCUT2D eigenvalue weighted by Crippen LogP contribution is -2.08. The van der Waals surface area contributed by atoms with Gasteiger partial charge in [0.15, 0.2) is 11.5 Å². The summed E-state index contributed by atoms with van der Waals surface area (Å²) >= 11 is 0. The highest BCUT2D eigenvalue weighted by Crippen LogP contribution is 2.32. The van der Waals surface area contributed by atoms with Gasteiger partial charge >= 0.3 is 0 Å². The highest BCUT2D eigenvalue weighted by atomic mass is 16.5. The van der Waals surface area contributed by atoms with Crippen LogP contribution in [0, 0.1) is 6.92 Å². The van der Waals surface area contributed by atoms with Gasteiger partial charge in [-0.15, -0.1) is 0 Å². The summed E-state index contributed by atoms with van der Waals surface area (Å²) in [5.74, 6) is 1.97. The van der Waals surface area contributed by atoms with Crippen LogP contribution >= 0.6 is 0 Å². The number of rotatable bonds is 1. The summed E-state index contributed by atoms with van der Waals surface area (Å²) < 4.78 is 11.2. The number of H-pyrrole nitrogens is 1. The third kappa shape index (κ3) is 2.45. The fourth-order valence-corrected chi connectivity index (χ4v) is 2.03. The maximum Gasteiger partial charge on any atom is 0.251 e. The van der Waals surface area contributed by atoms with E-state index in [0.717, 1.165) is 17.7 Å². The topological polar surface area (TPSA) is 64.2 Å². The Morgan fingerprint density at radius 1 is 1.16 bits per heavy atom. The van der Waals surface area contributed by atoms with Crippen LogP contribution in [-0.4, -0.2) is 23.2 Å². The molecular formula is C14H14N2O3. The average Bonchev–Trinajstić information content (AvgIpc) is 2.61. The van der Waals surface area contributed by atoms with Gasteiger partial charge in [-0.25, -0.2) is 4.98 Å². The molecule has 1 aromatic heterocycles. The van der Waals surface area contributed by atoms with Gasteiger partial charge in [0, 0.05) is 23.7 Å². The zero-order valence-corrected chi connectivity index (χ0v) is 10.6. The fourth-order valence-electron chi connectivity index (χ4n) is 2.03. The molecule has 0 spiro atoms. The van der Waals surface area contributed by atoms with Crippen LogP contribution in [0.3, 0.4) is 0 Å². The van der Waals surface area contributed by atoms with E-state index in [9.17, 15) is 4.79 Å². The average molecular weight is 258 g/mol. The monoisotopic (exact) mass is 258 g/mol. The smallest absolute Gasteiger partial charge is 0.251 e. The molecule has 0 aliphatic carbocycles. The van der Waals surface area contributed by atoms with Crippen LogP contribution < -0.4 is 15.0 Å². The van der Waals surface area contributed by atoms with Gasteiger partial charge in [0.2, 0.25) is 0 Å². The molecule has 1 N–H and O–H groups in total. The lowest BCUT2D eigenvalue weighted by molar-refractivity contribution is 0.297. The van der Waals surface area contributed by atoms with Crippen LogP contribution in [-0.2, 0) is 0 Å². The predicted molar refractivity (Wildman–Crippen MR) is 70.6 cm³/mol. The Bertz CT molecular complexity index is 664. The Kier molecular flexibility index (Phi) is 2.95. The number of nitrogens with one attached hydrogen (secondary N) is 1. The number of aromatic amines is 1. The van der Waals surface area contributed by atoms with Crippen molar-refractivity contribution in [2.75, 3.05) is 13.2 Å². The Balaban J connectivity index is 2.06. The van der Waals surface area contributed by atoms with Gasteiger partial charge in [-0.05, 0) is 25.1 Å². The molecule has 1 aliphatic rings. The SMILES string of the molecule is Cc1cc(=O)[nH]c(-c2ccc3c(c2)OCCCO3)n1. The predicted octanol–water partition coefficient (Wildman–Crippen LogP) is 1.91. The molecular weight excluding hydrogens is 244 g/mol. The zero-order valence-electron chi connectivity index (χ0n) is 10.6. The van der Waals surface area contributed by atoms with E-state index >= 15 is 0 Å². The molecule has 1 aromatic carbocycles. The molecule has 5 heteroatoms. The zero-order chi connectivity index (χ0) is 13.2. The van der Waals surface area contributed by atoms with Crippen molar-refractivity contribution in [1.29, 1.82) is 0 Å². The second-order valence-electron chi connectivity index (χ2n) is 4.45. The molecule has 0 unspecified atom stereocenters. The number of benzene rings is 1. The van der Waals surface area contributed by atoms with Crippen LogP contribution in [0.25, 0.3) is 11.4 Å². The minimum atomic E-state index is -0.158. The van der Waals surface area contributed by atoms with E-state index in [4.69, 9.17) is 9.47 Å². The van der Waals surface area contributed by atoms with E-state index in [0.29, 0.717) is 30.5 Å². The minimum Gasteiger partial charge on any atom is -0.490 e. The summed E-state index contributed by atoms with van der Waals surface area (Å²) in [6, 6.07) is 7.02. The highest BCUT2D eigenvalue weighted by Gasteiger charge is 2.12. The summed E-state index contributed by atoms with van der Waals surface area (Å²) in [5, 5.41) is 0. The first-order valence-corrected chi connectivity index (χ1v) is 6.20. The molecule has 0 amide bonds. The van der Waals surface area contributed by atoms with Crippen LogP contribution in [0.4, 0.5) is 0 Å². The van der Waals surface area contributed by atoms with Crippen molar-refractivity contribution in [3.63, 3.8) is 0 Å². The van der Waals surface area contributed by atoms with Gasteiger partial charge in [0.05, 0.1) is 13.2 Å². The van der Waals surface area contributed by atoms with Crippen molar-refractivity contribution in [1.82, 2.24) is 9.97 Å². The molecule has 98 valence electrons. The quantitative estimate of drug-likeness (QED) is 0.848. The number of aryl methyl sites for hydroxylation is 1. The van der Waals surface area contributed by atoms with Gasteiger partial charge in [-0.2, -0.15) is 0 Å². The van der Waals surface area contributed by atoms with Gasteiger partial charge in [0.1, 0.15) is 5.82 Å². The molecule has 0 bridgehead atoms. The van der Waals surface area contributed by atoms with Crippen molar-refractivity contribution in [3.8, 4) is 22.9 Å². The van der Waals surface area contributed by atoms with E-state index in [2.05, 4.69) is 9.97 Å². The number of hydrogen-bond acceptors (Lipinski definition) is 4. The number of fused-ring (bicyclic) bond motifs is 1. The van der Waals surface area contributed by atoms with Crippen molar-refractivity contribution in [2.45, 2.75) is 13.3 Å². The Hall–Kier alpha value is -2.30. The standard InChI is InChI=1S/C14H14N2O3/c1-9-7-13(17)16-14(15-9)10-3-4-11-12(8-10)19-6-2-5-18-11/h3-4,7-8H,2,5-6H2,1H3,(H,15,16,17). The molecule has 2 heterocycles. The molecule has 19 heavy (non-hydrogen) atoms. The number of hydrogen-bond donors (Lipinski definition) is 1. The second-order valence-corrected chi connectivity index (χ2v) is 4.45. The first-order valence-electron chi connectivity index (χ1n) is 6.20. The van der Waals surface area contributed by atoms with E-state index < -0.39 is 0 Å². The number of ether oxygens (including phenoxy) is 2. The van der Waals surface area contributed by atoms with E-state index in [1.54, 1.807) is 6.92 Å². The lowest BCUT2D eigenvalue weighted by atomic mass is 10.2. The van der Waals surface area contributed by atoms with Crippen LogP contribution in [0.5, 0.6) is 11.5 Å². The van der Waals surface area contributed by atoms with E-state index in [1.165, 1.54) is 6.07 Å². The summed E-state index contributed by atoms with van der Waals surface area (Å²) in [6.07, 6.45) is 0.865. The van der Waals surface area contributed by atoms with Crippen LogP contribution in [0.15, 0.2) is 29.1 Å². The molecule has 5 nitrogen and oxygen atoms in total. The molecule has 2 aromatic rings. The first-order chi connectivity index (χ1) is 9.22. The molecule has 1 aliphatic heterocycles. The normalized spacial score (nSPS) is 13.9. The number of aromatic nitrogens is 2. The third-order valence-corrected chi connectivity index (χ3v) is 2.89.